The predicted octanol–water partition coefficient (Wildman–Crippen LogP) is 6.98. The molecule has 2 nitrogen and oxygen atoms in total. The van der Waals surface area contributed by atoms with Gasteiger partial charge in [0.1, 0.15) is 11.5 Å². The molecule has 3 aliphatic rings. The van der Waals surface area contributed by atoms with Crippen molar-refractivity contribution in [2.45, 2.75) is 77.6 Å². The van der Waals surface area contributed by atoms with Crippen LogP contribution in [0.2, 0.25) is 0 Å². The van der Waals surface area contributed by atoms with Crippen LogP contribution in [0.5, 0.6) is 5.75 Å². The molecule has 0 saturated heterocycles. The Balaban J connectivity index is 1.65. The molecule has 0 N–H and O–H groups in total. The second-order valence-electron chi connectivity index (χ2n) is 10.0. The fraction of sp³-hybridized carbons (Fsp3) is 0.731. The largest absolute Gasteiger partial charge is 0.497 e. The molecule has 0 radical (unpaired) electrons. The Labute approximate surface area is 190 Å². The van der Waals surface area contributed by atoms with Crippen LogP contribution in [-0.2, 0) is 11.2 Å². The van der Waals surface area contributed by atoms with Crippen LogP contribution in [0, 0.1) is 29.1 Å². The summed E-state index contributed by atoms with van der Waals surface area (Å²) in [7, 11) is 1.77. The summed E-state index contributed by atoms with van der Waals surface area (Å²) in [6, 6.07) is 6.77. The number of alkyl halides is 1. The van der Waals surface area contributed by atoms with Crippen molar-refractivity contribution < 1.29 is 9.53 Å². The molecule has 0 heterocycles. The third-order valence-corrected chi connectivity index (χ3v) is 9.33. The van der Waals surface area contributed by atoms with Crippen molar-refractivity contribution in [2.24, 2.45) is 29.1 Å². The zero-order chi connectivity index (χ0) is 20.6. The van der Waals surface area contributed by atoms with Gasteiger partial charge in [0.05, 0.1) is 7.11 Å². The lowest BCUT2D eigenvalue weighted by Crippen LogP contribution is -2.46. The standard InChI is InChI=1S/C26H37IO2/c1-4-7-17-14-19-15-20(29-3)9-10-21(19)22-11-12-26(2)23(24(17)22)16-18(25(26)28)8-5-6-13-27/h9-10,15,17-18,22-24H,4-8,11-14,16H2,1-3H3/t17-,18?,22-,23+,24-,26+/m1/s1. The first-order valence-corrected chi connectivity index (χ1v) is 13.3. The second-order valence-corrected chi connectivity index (χ2v) is 11.1. The van der Waals surface area contributed by atoms with E-state index in [2.05, 4.69) is 54.6 Å². The minimum absolute atomic E-state index is 0.0634. The number of halogens is 1. The lowest BCUT2D eigenvalue weighted by atomic mass is 9.52. The van der Waals surface area contributed by atoms with Gasteiger partial charge in [-0.05, 0) is 89.9 Å². The Morgan fingerprint density at radius 2 is 2.07 bits per heavy atom. The Kier molecular flexibility index (Phi) is 6.63. The molecule has 1 aromatic carbocycles. The van der Waals surface area contributed by atoms with Crippen molar-refractivity contribution in [1.29, 1.82) is 0 Å². The number of hydrogen-bond acceptors (Lipinski definition) is 2. The van der Waals surface area contributed by atoms with Gasteiger partial charge in [-0.2, -0.15) is 0 Å². The van der Waals surface area contributed by atoms with Gasteiger partial charge in [0, 0.05) is 11.3 Å². The second kappa shape index (κ2) is 8.88. The summed E-state index contributed by atoms with van der Waals surface area (Å²) >= 11 is 2.46. The zero-order valence-electron chi connectivity index (χ0n) is 18.4. The van der Waals surface area contributed by atoms with Gasteiger partial charge in [0.25, 0.3) is 0 Å². The molecule has 1 unspecified atom stereocenters. The molecule has 0 aliphatic heterocycles. The number of benzene rings is 1. The summed E-state index contributed by atoms with van der Waals surface area (Å²) in [4.78, 5) is 13.5. The Morgan fingerprint density at radius 3 is 2.79 bits per heavy atom. The van der Waals surface area contributed by atoms with Crippen LogP contribution >= 0.6 is 22.6 Å². The number of ketones is 1. The van der Waals surface area contributed by atoms with Gasteiger partial charge in [-0.25, -0.2) is 0 Å². The van der Waals surface area contributed by atoms with Gasteiger partial charge in [-0.1, -0.05) is 61.8 Å². The van der Waals surface area contributed by atoms with E-state index in [1.54, 1.807) is 12.7 Å². The van der Waals surface area contributed by atoms with E-state index in [-0.39, 0.29) is 5.41 Å². The number of fused-ring (bicyclic) bond motifs is 5. The highest BCUT2D eigenvalue weighted by atomic mass is 127. The van der Waals surface area contributed by atoms with Crippen LogP contribution in [0.1, 0.15) is 82.3 Å². The summed E-state index contributed by atoms with van der Waals surface area (Å²) in [5.41, 5.74) is 3.01. The maximum atomic E-state index is 13.5. The Hall–Kier alpha value is -0.580. The van der Waals surface area contributed by atoms with E-state index in [0.29, 0.717) is 29.5 Å². The molecule has 0 amide bonds. The van der Waals surface area contributed by atoms with Crippen LogP contribution in [0.3, 0.4) is 0 Å². The lowest BCUT2D eigenvalue weighted by molar-refractivity contribution is -0.132. The molecule has 0 spiro atoms. The lowest BCUT2D eigenvalue weighted by Gasteiger charge is -2.51. The zero-order valence-corrected chi connectivity index (χ0v) is 20.5. The number of hydrogen-bond donors (Lipinski definition) is 0. The quantitative estimate of drug-likeness (QED) is 0.226. The topological polar surface area (TPSA) is 26.3 Å². The Bertz CT molecular complexity index is 744. The number of carbonyl (C=O) groups excluding carboxylic acids is 1. The van der Waals surface area contributed by atoms with Crippen LogP contribution in [-0.4, -0.2) is 17.3 Å². The number of Topliss-reactive ketones (excluding diaryl/α,β-unsaturated/α-hetero) is 1. The number of rotatable bonds is 7. The first kappa shape index (κ1) is 21.6. The first-order valence-electron chi connectivity index (χ1n) is 11.8. The van der Waals surface area contributed by atoms with Crippen molar-refractivity contribution >= 4 is 28.4 Å². The molecule has 2 fully saturated rings. The van der Waals surface area contributed by atoms with E-state index in [9.17, 15) is 4.79 Å². The molecular weight excluding hydrogens is 471 g/mol. The third kappa shape index (κ3) is 3.78. The monoisotopic (exact) mass is 508 g/mol. The van der Waals surface area contributed by atoms with Gasteiger partial charge in [0.2, 0.25) is 0 Å². The molecule has 4 rings (SSSR count). The fourth-order valence-corrected chi connectivity index (χ4v) is 7.77. The number of methoxy groups -OCH3 is 1. The summed E-state index contributed by atoms with van der Waals surface area (Å²) < 4.78 is 6.74. The van der Waals surface area contributed by atoms with Crippen molar-refractivity contribution in [2.75, 3.05) is 11.5 Å². The summed E-state index contributed by atoms with van der Waals surface area (Å²) in [6.07, 6.45) is 10.7. The van der Waals surface area contributed by atoms with Gasteiger partial charge in [-0.3, -0.25) is 4.79 Å². The smallest absolute Gasteiger partial charge is 0.142 e. The van der Waals surface area contributed by atoms with Gasteiger partial charge < -0.3 is 4.74 Å². The first-order chi connectivity index (χ1) is 14.0. The highest BCUT2D eigenvalue weighted by Crippen LogP contribution is 2.63. The molecule has 1 aromatic rings. The van der Waals surface area contributed by atoms with E-state index in [0.717, 1.165) is 30.9 Å². The van der Waals surface area contributed by atoms with Gasteiger partial charge in [-0.15, -0.1) is 0 Å². The molecule has 6 atom stereocenters. The number of ether oxygens (including phenoxy) is 1. The maximum absolute atomic E-state index is 13.5. The van der Waals surface area contributed by atoms with E-state index in [1.807, 2.05) is 0 Å². The molecule has 160 valence electrons. The highest BCUT2D eigenvalue weighted by Gasteiger charge is 2.59. The summed E-state index contributed by atoms with van der Waals surface area (Å²) in [5, 5.41) is 0. The Morgan fingerprint density at radius 1 is 1.24 bits per heavy atom. The normalized spacial score (nSPS) is 35.7. The molecule has 2 saturated carbocycles. The number of carbonyl (C=O) groups is 1. The van der Waals surface area contributed by atoms with E-state index < -0.39 is 0 Å². The third-order valence-electron chi connectivity index (χ3n) is 8.57. The molecule has 3 heteroatoms. The molecule has 29 heavy (non-hydrogen) atoms. The molecule has 3 aliphatic carbocycles. The van der Waals surface area contributed by atoms with Crippen molar-refractivity contribution in [3.8, 4) is 5.75 Å². The molecule has 0 aromatic heterocycles. The average Bonchev–Trinajstić information content (AvgIpc) is 2.98. The highest BCUT2D eigenvalue weighted by molar-refractivity contribution is 14.1. The van der Waals surface area contributed by atoms with Crippen LogP contribution < -0.4 is 4.74 Å². The maximum Gasteiger partial charge on any atom is 0.142 e. The molecular formula is C26H37IO2. The minimum Gasteiger partial charge on any atom is -0.497 e. The van der Waals surface area contributed by atoms with Crippen LogP contribution in [0.25, 0.3) is 0 Å². The van der Waals surface area contributed by atoms with Crippen molar-refractivity contribution in [3.05, 3.63) is 29.3 Å². The predicted molar refractivity (Wildman–Crippen MR) is 128 cm³/mol. The molecule has 0 bridgehead atoms. The van der Waals surface area contributed by atoms with Crippen molar-refractivity contribution in [1.82, 2.24) is 0 Å². The average molecular weight is 508 g/mol. The van der Waals surface area contributed by atoms with Gasteiger partial charge in [0.15, 0.2) is 0 Å². The van der Waals surface area contributed by atoms with E-state index >= 15 is 0 Å². The summed E-state index contributed by atoms with van der Waals surface area (Å²) in [5.74, 6) is 4.56. The van der Waals surface area contributed by atoms with E-state index in [1.165, 1.54) is 48.5 Å². The number of unbranched alkanes of at least 4 members (excludes halogenated alkanes) is 1. The van der Waals surface area contributed by atoms with Crippen molar-refractivity contribution in [3.63, 3.8) is 0 Å². The van der Waals surface area contributed by atoms with Gasteiger partial charge >= 0.3 is 0 Å². The van der Waals surface area contributed by atoms with Crippen LogP contribution in [0.15, 0.2) is 18.2 Å². The minimum atomic E-state index is -0.0634. The fourth-order valence-electron chi connectivity index (χ4n) is 7.23. The summed E-state index contributed by atoms with van der Waals surface area (Å²) in [6.45, 7) is 4.66. The SMILES string of the molecule is CCC[C@@H]1Cc2cc(OC)ccc2[C@H]2CC[C@]3(C)C(=O)C(CCCCI)C[C@H]3[C@H]12. The van der Waals surface area contributed by atoms with Crippen LogP contribution in [0.4, 0.5) is 0 Å². The van der Waals surface area contributed by atoms with E-state index in [4.69, 9.17) is 4.74 Å².